The van der Waals surface area contributed by atoms with Gasteiger partial charge in [-0.3, -0.25) is 4.79 Å². The fraction of sp³-hybridized carbons (Fsp3) is 0.200. The fourth-order valence-electron chi connectivity index (χ4n) is 2.90. The molecule has 0 unspecified atom stereocenters. The molecule has 0 aliphatic carbocycles. The molecule has 5 heteroatoms. The third-order valence-corrected chi connectivity index (χ3v) is 5.35. The van der Waals surface area contributed by atoms with Gasteiger partial charge in [0.2, 0.25) is 0 Å². The lowest BCUT2D eigenvalue weighted by molar-refractivity contribution is 0.102. The Morgan fingerprint density at radius 2 is 1.64 bits per heavy atom. The molecule has 3 aromatic rings. The number of hydrogen-bond donors (Lipinski definition) is 1. The molecular formula is C20H19N3OS. The van der Waals surface area contributed by atoms with Crippen molar-refractivity contribution in [3.8, 4) is 5.69 Å². The number of benzene rings is 2. The van der Waals surface area contributed by atoms with E-state index in [0.717, 1.165) is 39.8 Å². The van der Waals surface area contributed by atoms with Crippen LogP contribution in [0.5, 0.6) is 0 Å². The predicted octanol–water partition coefficient (Wildman–Crippen LogP) is 4.49. The molecule has 4 rings (SSSR count). The van der Waals surface area contributed by atoms with Crippen molar-refractivity contribution in [1.29, 1.82) is 0 Å². The zero-order chi connectivity index (χ0) is 17.4. The van der Waals surface area contributed by atoms with Crippen LogP contribution in [-0.2, 0) is 11.5 Å². The Balaban J connectivity index is 1.72. The molecule has 1 aliphatic rings. The monoisotopic (exact) mass is 349 g/mol. The maximum Gasteiger partial charge on any atom is 0.256 e. The molecule has 0 bridgehead atoms. The van der Waals surface area contributed by atoms with Crippen molar-refractivity contribution in [3.05, 3.63) is 76.5 Å². The molecule has 2 heterocycles. The highest BCUT2D eigenvalue weighted by Gasteiger charge is 2.25. The lowest BCUT2D eigenvalue weighted by Crippen LogP contribution is -2.16. The summed E-state index contributed by atoms with van der Waals surface area (Å²) in [6.07, 6.45) is 0. The number of nitrogens with one attached hydrogen (secondary N) is 1. The molecule has 126 valence electrons. The second-order valence-corrected chi connectivity index (χ2v) is 7.32. The third-order valence-electron chi connectivity index (χ3n) is 4.38. The largest absolute Gasteiger partial charge is 0.306 e. The number of carbonyl (C=O) groups excluding carboxylic acids is 1. The van der Waals surface area contributed by atoms with E-state index in [1.807, 2.05) is 59.8 Å². The lowest BCUT2D eigenvalue weighted by Gasteiger charge is -2.11. The average Bonchev–Trinajstić information content (AvgIpc) is 3.19. The molecule has 0 spiro atoms. The smallest absolute Gasteiger partial charge is 0.256 e. The summed E-state index contributed by atoms with van der Waals surface area (Å²) in [6.45, 7) is 4.07. The van der Waals surface area contributed by atoms with Crippen LogP contribution in [0.2, 0.25) is 0 Å². The number of hydrogen-bond acceptors (Lipinski definition) is 3. The van der Waals surface area contributed by atoms with E-state index in [4.69, 9.17) is 5.10 Å². The number of thioether (sulfide) groups is 1. The summed E-state index contributed by atoms with van der Waals surface area (Å²) < 4.78 is 1.86. The minimum Gasteiger partial charge on any atom is -0.306 e. The highest BCUT2D eigenvalue weighted by Crippen LogP contribution is 2.36. The molecule has 0 atom stereocenters. The molecule has 0 saturated heterocycles. The maximum atomic E-state index is 12.7. The van der Waals surface area contributed by atoms with Crippen molar-refractivity contribution in [3.63, 3.8) is 0 Å². The van der Waals surface area contributed by atoms with Crippen LogP contribution in [0.1, 0.15) is 32.7 Å². The first kappa shape index (κ1) is 16.0. The molecular weight excluding hydrogens is 330 g/mol. The number of nitrogens with zero attached hydrogens (tertiary/aromatic N) is 2. The summed E-state index contributed by atoms with van der Waals surface area (Å²) >= 11 is 1.83. The van der Waals surface area contributed by atoms with Crippen LogP contribution in [0, 0.1) is 13.8 Å². The van der Waals surface area contributed by atoms with E-state index in [-0.39, 0.29) is 5.91 Å². The number of aromatic nitrogens is 2. The first-order valence-corrected chi connectivity index (χ1v) is 9.41. The van der Waals surface area contributed by atoms with Crippen molar-refractivity contribution in [2.75, 3.05) is 5.32 Å². The number of carbonyl (C=O) groups is 1. The van der Waals surface area contributed by atoms with Gasteiger partial charge in [-0.25, -0.2) is 4.68 Å². The van der Waals surface area contributed by atoms with Gasteiger partial charge in [-0.15, -0.1) is 0 Å². The summed E-state index contributed by atoms with van der Waals surface area (Å²) in [4.78, 5) is 12.7. The summed E-state index contributed by atoms with van der Waals surface area (Å²) in [5.74, 6) is 2.45. The van der Waals surface area contributed by atoms with Gasteiger partial charge in [0.1, 0.15) is 5.82 Å². The van der Waals surface area contributed by atoms with Crippen LogP contribution < -0.4 is 5.32 Å². The van der Waals surface area contributed by atoms with Crippen molar-refractivity contribution in [2.24, 2.45) is 0 Å². The van der Waals surface area contributed by atoms with Crippen molar-refractivity contribution in [2.45, 2.75) is 25.4 Å². The Kier molecular flexibility index (Phi) is 4.09. The fourth-order valence-corrected chi connectivity index (χ4v) is 3.93. The molecule has 1 aromatic heterocycles. The van der Waals surface area contributed by atoms with Gasteiger partial charge < -0.3 is 5.32 Å². The quantitative estimate of drug-likeness (QED) is 0.758. The van der Waals surface area contributed by atoms with E-state index in [1.54, 1.807) is 0 Å². The van der Waals surface area contributed by atoms with Gasteiger partial charge in [0.25, 0.3) is 5.91 Å². The highest BCUT2D eigenvalue weighted by atomic mass is 32.2. The molecule has 25 heavy (non-hydrogen) atoms. The Labute approximate surface area is 151 Å². The summed E-state index contributed by atoms with van der Waals surface area (Å²) in [5, 5.41) is 7.82. The topological polar surface area (TPSA) is 46.9 Å². The van der Waals surface area contributed by atoms with Crippen LogP contribution in [0.25, 0.3) is 5.69 Å². The molecule has 2 aromatic carbocycles. The number of amides is 1. The average molecular weight is 349 g/mol. The van der Waals surface area contributed by atoms with Gasteiger partial charge in [-0.1, -0.05) is 35.4 Å². The second kappa shape index (κ2) is 6.41. The molecule has 0 fully saturated rings. The van der Waals surface area contributed by atoms with Crippen molar-refractivity contribution >= 4 is 23.5 Å². The molecule has 1 amide bonds. The zero-order valence-electron chi connectivity index (χ0n) is 14.2. The molecule has 0 radical (unpaired) electrons. The van der Waals surface area contributed by atoms with Crippen molar-refractivity contribution in [1.82, 2.24) is 9.78 Å². The highest BCUT2D eigenvalue weighted by molar-refractivity contribution is 7.98. The third kappa shape index (κ3) is 3.07. The van der Waals surface area contributed by atoms with Gasteiger partial charge in [0.15, 0.2) is 0 Å². The zero-order valence-corrected chi connectivity index (χ0v) is 15.1. The molecule has 0 saturated carbocycles. The van der Waals surface area contributed by atoms with E-state index in [0.29, 0.717) is 5.56 Å². The maximum absolute atomic E-state index is 12.7. The Hall–Kier alpha value is -2.53. The van der Waals surface area contributed by atoms with E-state index in [2.05, 4.69) is 24.4 Å². The Morgan fingerprint density at radius 1 is 1.00 bits per heavy atom. The van der Waals surface area contributed by atoms with Gasteiger partial charge in [-0.05, 0) is 38.1 Å². The van der Waals surface area contributed by atoms with Crippen LogP contribution in [-0.4, -0.2) is 15.7 Å². The Morgan fingerprint density at radius 3 is 2.32 bits per heavy atom. The van der Waals surface area contributed by atoms with Gasteiger partial charge in [-0.2, -0.15) is 16.9 Å². The summed E-state index contributed by atoms with van der Waals surface area (Å²) in [5.41, 5.74) is 6.14. The SMILES string of the molecule is Cc1ccc(C(=O)Nc2c3c(nn2-c2ccc(C)cc2)CSC3)cc1. The van der Waals surface area contributed by atoms with E-state index < -0.39 is 0 Å². The lowest BCUT2D eigenvalue weighted by atomic mass is 10.1. The van der Waals surface area contributed by atoms with Gasteiger partial charge in [0, 0.05) is 22.6 Å². The van der Waals surface area contributed by atoms with E-state index >= 15 is 0 Å². The number of rotatable bonds is 3. The van der Waals surface area contributed by atoms with Crippen molar-refractivity contribution < 1.29 is 4.79 Å². The number of fused-ring (bicyclic) bond motifs is 1. The van der Waals surface area contributed by atoms with Gasteiger partial charge >= 0.3 is 0 Å². The number of aryl methyl sites for hydroxylation is 2. The molecule has 4 nitrogen and oxygen atoms in total. The van der Waals surface area contributed by atoms with E-state index in [1.165, 1.54) is 5.56 Å². The summed E-state index contributed by atoms with van der Waals surface area (Å²) in [7, 11) is 0. The molecule has 1 aliphatic heterocycles. The van der Waals surface area contributed by atoms with Crippen LogP contribution >= 0.6 is 11.8 Å². The molecule has 1 N–H and O–H groups in total. The van der Waals surface area contributed by atoms with E-state index in [9.17, 15) is 4.79 Å². The standard InChI is InChI=1S/C20H19N3OS/c1-13-3-7-15(8-4-13)20(24)21-19-17-11-25-12-18(17)22-23(19)16-9-5-14(2)6-10-16/h3-10H,11-12H2,1-2H3,(H,21,24). The Bertz CT molecular complexity index is 927. The van der Waals surface area contributed by atoms with Crippen LogP contribution in [0.15, 0.2) is 48.5 Å². The second-order valence-electron chi connectivity index (χ2n) is 6.33. The van der Waals surface area contributed by atoms with Crippen LogP contribution in [0.4, 0.5) is 5.82 Å². The van der Waals surface area contributed by atoms with Gasteiger partial charge in [0.05, 0.1) is 11.4 Å². The minimum atomic E-state index is -0.104. The first-order valence-electron chi connectivity index (χ1n) is 8.25. The summed E-state index contributed by atoms with van der Waals surface area (Å²) in [6, 6.07) is 15.8. The van der Waals surface area contributed by atoms with Crippen LogP contribution in [0.3, 0.4) is 0 Å². The predicted molar refractivity (Wildman–Crippen MR) is 102 cm³/mol. The minimum absolute atomic E-state index is 0.104. The number of anilines is 1. The normalized spacial score (nSPS) is 12.9. The first-order chi connectivity index (χ1) is 12.1.